The molecular formula is C30H33N5O5S. The Kier molecular flexibility index (Phi) is 7.16. The van der Waals surface area contributed by atoms with Crippen molar-refractivity contribution in [3.05, 3.63) is 58.6 Å². The summed E-state index contributed by atoms with van der Waals surface area (Å²) in [5.74, 6) is -0.158. The average molecular weight is 576 g/mol. The summed E-state index contributed by atoms with van der Waals surface area (Å²) in [4.78, 5) is 48.4. The third kappa shape index (κ3) is 5.39. The van der Waals surface area contributed by atoms with Crippen LogP contribution in [-0.4, -0.2) is 95.8 Å². The predicted octanol–water partition coefficient (Wildman–Crippen LogP) is 3.81. The van der Waals surface area contributed by atoms with Crippen LogP contribution < -0.4 is 10.2 Å². The lowest BCUT2D eigenvalue weighted by Gasteiger charge is -2.33. The lowest BCUT2D eigenvalue weighted by Crippen LogP contribution is -2.50. The number of amides is 3. The number of rotatable bonds is 4. The summed E-state index contributed by atoms with van der Waals surface area (Å²) >= 11 is 1.55. The van der Waals surface area contributed by atoms with E-state index in [1.54, 1.807) is 28.5 Å². The Labute approximate surface area is 242 Å². The number of ether oxygens (including phenoxy) is 1. The van der Waals surface area contributed by atoms with Gasteiger partial charge in [-0.3, -0.25) is 14.6 Å². The molecule has 3 aliphatic heterocycles. The van der Waals surface area contributed by atoms with E-state index in [0.717, 1.165) is 57.3 Å². The van der Waals surface area contributed by atoms with Gasteiger partial charge in [-0.25, -0.2) is 4.79 Å². The number of hydrogen-bond donors (Lipinski definition) is 2. The topological polar surface area (TPSA) is 115 Å². The van der Waals surface area contributed by atoms with Gasteiger partial charge in [-0.05, 0) is 55.7 Å². The number of nitrogens with zero attached hydrogens (tertiary/aromatic N) is 4. The van der Waals surface area contributed by atoms with Crippen LogP contribution in [0.15, 0.2) is 42.6 Å². The van der Waals surface area contributed by atoms with Crippen molar-refractivity contribution in [1.82, 2.24) is 20.1 Å². The molecule has 11 heteroatoms. The first kappa shape index (κ1) is 27.2. The van der Waals surface area contributed by atoms with Gasteiger partial charge in [-0.2, -0.15) is 0 Å². The molecule has 0 aliphatic carbocycles. The van der Waals surface area contributed by atoms with E-state index in [1.807, 2.05) is 44.2 Å². The number of hydrogen-bond acceptors (Lipinski definition) is 7. The summed E-state index contributed by atoms with van der Waals surface area (Å²) in [6, 6.07) is 11.5. The Morgan fingerprint density at radius 1 is 1.00 bits per heavy atom. The number of morpholine rings is 1. The van der Waals surface area contributed by atoms with Gasteiger partial charge in [0.2, 0.25) is 0 Å². The van der Waals surface area contributed by atoms with E-state index in [9.17, 15) is 19.5 Å². The summed E-state index contributed by atoms with van der Waals surface area (Å²) in [6.45, 7) is 8.24. The van der Waals surface area contributed by atoms with Gasteiger partial charge in [0.25, 0.3) is 11.8 Å². The van der Waals surface area contributed by atoms with Crippen LogP contribution in [0.5, 0.6) is 0 Å². The maximum absolute atomic E-state index is 13.3. The quantitative estimate of drug-likeness (QED) is 0.486. The second-order valence-electron chi connectivity index (χ2n) is 11.3. The molecule has 6 rings (SSSR count). The van der Waals surface area contributed by atoms with Gasteiger partial charge in [-0.1, -0.05) is 12.1 Å². The largest absolute Gasteiger partial charge is 0.465 e. The van der Waals surface area contributed by atoms with Gasteiger partial charge in [0.1, 0.15) is 5.00 Å². The molecule has 2 N–H and O–H groups in total. The zero-order valence-electron chi connectivity index (χ0n) is 23.2. The summed E-state index contributed by atoms with van der Waals surface area (Å²) in [5.41, 5.74) is 4.86. The van der Waals surface area contributed by atoms with Gasteiger partial charge < -0.3 is 29.9 Å². The number of carbonyl (C=O) groups excluding carboxylic acids is 2. The minimum absolute atomic E-state index is 0.0355. The molecule has 3 aliphatic rings. The van der Waals surface area contributed by atoms with Crippen molar-refractivity contribution in [2.45, 2.75) is 25.8 Å². The average Bonchev–Trinajstić information content (AvgIpc) is 3.36. The van der Waals surface area contributed by atoms with Crippen LogP contribution in [0.25, 0.3) is 22.4 Å². The predicted molar refractivity (Wildman–Crippen MR) is 157 cm³/mol. The number of thiophene rings is 1. The van der Waals surface area contributed by atoms with Gasteiger partial charge in [0.15, 0.2) is 0 Å². The Morgan fingerprint density at radius 3 is 2.46 bits per heavy atom. The molecule has 5 heterocycles. The van der Waals surface area contributed by atoms with E-state index in [2.05, 4.69) is 15.2 Å². The molecule has 1 aromatic carbocycles. The number of nitrogens with one attached hydrogen (secondary N) is 1. The number of fused-ring (bicyclic) bond motifs is 1. The lowest BCUT2D eigenvalue weighted by atomic mass is 9.87. The van der Waals surface area contributed by atoms with Crippen molar-refractivity contribution in [2.75, 3.05) is 57.4 Å². The maximum Gasteiger partial charge on any atom is 0.407 e. The van der Waals surface area contributed by atoms with Gasteiger partial charge in [0.05, 0.1) is 23.8 Å². The SMILES string of the molecule is CC1(C)Cc2c(sc(N3CCOCC3)c2-c2ccnc(-c3cccc(C(=O)N4CCN(C(=O)O)CC4)c3)c2)C(=O)N1. The number of benzene rings is 1. The van der Waals surface area contributed by atoms with Crippen LogP contribution in [0.3, 0.4) is 0 Å². The molecule has 3 aromatic rings. The Bertz CT molecular complexity index is 1500. The molecule has 2 aromatic heterocycles. The third-order valence-electron chi connectivity index (χ3n) is 7.85. The highest BCUT2D eigenvalue weighted by atomic mass is 32.1. The summed E-state index contributed by atoms with van der Waals surface area (Å²) in [7, 11) is 0. The fraction of sp³-hybridized carbons (Fsp3) is 0.400. The molecule has 0 saturated carbocycles. The molecule has 0 bridgehead atoms. The maximum atomic E-state index is 13.3. The summed E-state index contributed by atoms with van der Waals surface area (Å²) in [5, 5.41) is 13.4. The summed E-state index contributed by atoms with van der Waals surface area (Å²) < 4.78 is 5.60. The minimum Gasteiger partial charge on any atom is -0.465 e. The first-order valence-electron chi connectivity index (χ1n) is 13.8. The Hall–Kier alpha value is -3.96. The molecule has 2 fully saturated rings. The molecule has 3 amide bonds. The first-order chi connectivity index (χ1) is 19.7. The molecule has 0 spiro atoms. The van der Waals surface area contributed by atoms with E-state index >= 15 is 0 Å². The van der Waals surface area contributed by atoms with Crippen molar-refractivity contribution >= 4 is 34.2 Å². The smallest absolute Gasteiger partial charge is 0.407 e. The van der Waals surface area contributed by atoms with Crippen LogP contribution in [0, 0.1) is 0 Å². The third-order valence-corrected chi connectivity index (χ3v) is 9.15. The zero-order chi connectivity index (χ0) is 28.7. The lowest BCUT2D eigenvalue weighted by molar-refractivity contribution is 0.0625. The van der Waals surface area contributed by atoms with E-state index in [4.69, 9.17) is 4.74 Å². The van der Waals surface area contributed by atoms with Crippen molar-refractivity contribution in [2.24, 2.45) is 0 Å². The van der Waals surface area contributed by atoms with Crippen molar-refractivity contribution < 1.29 is 24.2 Å². The van der Waals surface area contributed by atoms with E-state index < -0.39 is 6.09 Å². The molecule has 0 atom stereocenters. The number of carboxylic acid groups (broad SMARTS) is 1. The first-order valence-corrected chi connectivity index (χ1v) is 14.7. The van der Waals surface area contributed by atoms with Crippen LogP contribution in [0.2, 0.25) is 0 Å². The van der Waals surface area contributed by atoms with Gasteiger partial charge in [0, 0.05) is 67.7 Å². The highest BCUT2D eigenvalue weighted by Crippen LogP contribution is 2.46. The van der Waals surface area contributed by atoms with Crippen LogP contribution in [-0.2, 0) is 11.2 Å². The molecule has 10 nitrogen and oxygen atoms in total. The molecule has 0 radical (unpaired) electrons. The Morgan fingerprint density at radius 2 is 1.73 bits per heavy atom. The number of anilines is 1. The fourth-order valence-electron chi connectivity index (χ4n) is 5.78. The fourth-order valence-corrected chi connectivity index (χ4v) is 7.07. The van der Waals surface area contributed by atoms with Crippen LogP contribution in [0.4, 0.5) is 9.80 Å². The molecule has 41 heavy (non-hydrogen) atoms. The highest BCUT2D eigenvalue weighted by molar-refractivity contribution is 7.19. The highest BCUT2D eigenvalue weighted by Gasteiger charge is 2.36. The van der Waals surface area contributed by atoms with Gasteiger partial charge >= 0.3 is 6.09 Å². The number of pyridine rings is 1. The standard InChI is InChI=1S/C30H33N5O5S/c1-30(2)18-22-24(28(34-12-14-40-15-13-34)41-25(22)26(36)32-30)20-6-7-31-23(17-20)19-4-3-5-21(16-19)27(37)33-8-10-35(11-9-33)29(38)39/h3-7,16-17H,8-15,18H2,1-2H3,(H,32,36)(H,38,39). The monoisotopic (exact) mass is 575 g/mol. The summed E-state index contributed by atoms with van der Waals surface area (Å²) in [6.07, 6.45) is 1.55. The molecular weight excluding hydrogens is 542 g/mol. The zero-order valence-corrected chi connectivity index (χ0v) is 24.0. The molecule has 2 saturated heterocycles. The van der Waals surface area contributed by atoms with Gasteiger partial charge in [-0.15, -0.1) is 11.3 Å². The van der Waals surface area contributed by atoms with Crippen LogP contribution in [0.1, 0.15) is 39.4 Å². The molecule has 0 unspecified atom stereocenters. The van der Waals surface area contributed by atoms with E-state index in [1.165, 1.54) is 4.90 Å². The Balaban J connectivity index is 1.34. The number of aromatic nitrogens is 1. The van der Waals surface area contributed by atoms with E-state index in [0.29, 0.717) is 45.0 Å². The normalized spacial score (nSPS) is 18.6. The van der Waals surface area contributed by atoms with Crippen LogP contribution >= 0.6 is 11.3 Å². The minimum atomic E-state index is -0.960. The van der Waals surface area contributed by atoms with Crippen molar-refractivity contribution in [1.29, 1.82) is 0 Å². The number of piperazine rings is 1. The second-order valence-corrected chi connectivity index (χ2v) is 12.3. The second kappa shape index (κ2) is 10.8. The van der Waals surface area contributed by atoms with Crippen molar-refractivity contribution in [3.63, 3.8) is 0 Å². The van der Waals surface area contributed by atoms with E-state index in [-0.39, 0.29) is 17.4 Å². The van der Waals surface area contributed by atoms with Crippen molar-refractivity contribution in [3.8, 4) is 22.4 Å². The number of carbonyl (C=O) groups is 3. The molecule has 214 valence electrons.